The fourth-order valence-corrected chi connectivity index (χ4v) is 3.36. The van der Waals surface area contributed by atoms with Crippen LogP contribution in [0.5, 0.6) is 0 Å². The number of hydrogen-bond acceptors (Lipinski definition) is 5. The van der Waals surface area contributed by atoms with Crippen LogP contribution >= 0.6 is 0 Å². The van der Waals surface area contributed by atoms with Gasteiger partial charge in [0.25, 0.3) is 0 Å². The summed E-state index contributed by atoms with van der Waals surface area (Å²) in [7, 11) is 0. The Bertz CT molecular complexity index is 656. The van der Waals surface area contributed by atoms with E-state index in [-0.39, 0.29) is 29.8 Å². The molecule has 3 heterocycles. The van der Waals surface area contributed by atoms with E-state index >= 15 is 0 Å². The van der Waals surface area contributed by atoms with E-state index in [0.717, 1.165) is 25.5 Å². The average Bonchev–Trinajstić information content (AvgIpc) is 3.13. The Balaban J connectivity index is 1.48. The second-order valence-electron chi connectivity index (χ2n) is 6.91. The summed E-state index contributed by atoms with van der Waals surface area (Å²) < 4.78 is 44.3. The number of piperidine rings is 1. The molecule has 0 radical (unpaired) electrons. The topological polar surface area (TPSA) is 79.4 Å². The summed E-state index contributed by atoms with van der Waals surface area (Å²) in [6.45, 7) is 3.72. The van der Waals surface area contributed by atoms with Gasteiger partial charge in [-0.2, -0.15) is 13.2 Å². The third-order valence-electron chi connectivity index (χ3n) is 4.78. The van der Waals surface area contributed by atoms with Crippen LogP contribution in [0.2, 0.25) is 0 Å². The van der Waals surface area contributed by atoms with Crippen molar-refractivity contribution in [2.75, 3.05) is 31.1 Å². The van der Waals surface area contributed by atoms with Crippen LogP contribution in [0.15, 0.2) is 6.07 Å². The number of nitrogens with one attached hydrogen (secondary N) is 2. The molecule has 0 saturated carbocycles. The molecule has 0 unspecified atom stereocenters. The van der Waals surface area contributed by atoms with Crippen LogP contribution in [0.3, 0.4) is 0 Å². The predicted octanol–water partition coefficient (Wildman–Crippen LogP) is 2.25. The second kappa shape index (κ2) is 8.28. The van der Waals surface area contributed by atoms with Crippen molar-refractivity contribution >= 4 is 11.8 Å². The van der Waals surface area contributed by atoms with Crippen LogP contribution in [-0.4, -0.2) is 54.4 Å². The first-order valence-electron chi connectivity index (χ1n) is 9.15. The van der Waals surface area contributed by atoms with E-state index in [4.69, 9.17) is 4.74 Å². The monoisotopic (exact) mass is 387 g/mol. The quantitative estimate of drug-likeness (QED) is 0.829. The number of halogens is 3. The lowest BCUT2D eigenvalue weighted by atomic mass is 10.1. The fraction of sp³-hybridized carbons (Fsp3) is 0.706. The molecule has 2 fully saturated rings. The zero-order valence-electron chi connectivity index (χ0n) is 15.2. The number of aromatic nitrogens is 2. The summed E-state index contributed by atoms with van der Waals surface area (Å²) in [5.41, 5.74) is -0.932. The number of ether oxygens (including phenoxy) is 1. The minimum Gasteiger partial charge on any atom is -0.376 e. The first-order valence-corrected chi connectivity index (χ1v) is 9.15. The van der Waals surface area contributed by atoms with Crippen molar-refractivity contribution in [3.05, 3.63) is 17.6 Å². The van der Waals surface area contributed by atoms with Crippen LogP contribution in [-0.2, 0) is 10.9 Å². The van der Waals surface area contributed by atoms with Crippen LogP contribution in [0.25, 0.3) is 0 Å². The standard InChI is InChI=1S/C17H24F3N5O2/c1-11-22-14(17(18,19)20)9-15(23-11)25-6-4-12(5-7-25)24-16(26)21-10-13-3-2-8-27-13/h9,12-13H,2-8,10H2,1H3,(H2,21,24,26)/t13-/m0/s1. The van der Waals surface area contributed by atoms with E-state index in [1.165, 1.54) is 6.92 Å². The molecular formula is C17H24F3N5O2. The summed E-state index contributed by atoms with van der Waals surface area (Å²) in [5.74, 6) is 0.365. The Kier molecular flexibility index (Phi) is 6.03. The van der Waals surface area contributed by atoms with Gasteiger partial charge in [-0.3, -0.25) is 0 Å². The predicted molar refractivity (Wildman–Crippen MR) is 92.5 cm³/mol. The van der Waals surface area contributed by atoms with E-state index in [0.29, 0.717) is 32.5 Å². The number of aryl methyl sites for hydroxylation is 1. The maximum Gasteiger partial charge on any atom is 0.433 e. The van der Waals surface area contributed by atoms with Crippen molar-refractivity contribution in [2.24, 2.45) is 0 Å². The number of alkyl halides is 3. The molecule has 2 N–H and O–H groups in total. The number of nitrogens with zero attached hydrogens (tertiary/aromatic N) is 3. The molecule has 2 amide bonds. The summed E-state index contributed by atoms with van der Waals surface area (Å²) >= 11 is 0. The highest BCUT2D eigenvalue weighted by atomic mass is 19.4. The van der Waals surface area contributed by atoms with E-state index in [9.17, 15) is 18.0 Å². The van der Waals surface area contributed by atoms with Crippen molar-refractivity contribution in [2.45, 2.75) is 50.9 Å². The normalized spacial score (nSPS) is 21.3. The molecule has 2 aliphatic heterocycles. The highest BCUT2D eigenvalue weighted by Gasteiger charge is 2.34. The van der Waals surface area contributed by atoms with E-state index < -0.39 is 11.9 Å². The van der Waals surface area contributed by atoms with Crippen LogP contribution in [0, 0.1) is 6.92 Å². The van der Waals surface area contributed by atoms with Gasteiger partial charge in [0.2, 0.25) is 0 Å². The summed E-state index contributed by atoms with van der Waals surface area (Å²) in [6.07, 6.45) is -1.16. The number of anilines is 1. The molecule has 1 atom stereocenters. The van der Waals surface area contributed by atoms with Gasteiger partial charge < -0.3 is 20.3 Å². The lowest BCUT2D eigenvalue weighted by Crippen LogP contribution is -2.49. The minimum absolute atomic E-state index is 0.0178. The molecule has 0 aromatic carbocycles. The molecular weight excluding hydrogens is 363 g/mol. The zero-order valence-corrected chi connectivity index (χ0v) is 15.2. The Hall–Kier alpha value is -2.10. The molecule has 10 heteroatoms. The lowest BCUT2D eigenvalue weighted by molar-refractivity contribution is -0.141. The Morgan fingerprint density at radius 2 is 2.04 bits per heavy atom. The van der Waals surface area contributed by atoms with Gasteiger partial charge in [-0.25, -0.2) is 14.8 Å². The molecule has 2 aliphatic rings. The van der Waals surface area contributed by atoms with Crippen molar-refractivity contribution in [3.8, 4) is 0 Å². The van der Waals surface area contributed by atoms with Crippen molar-refractivity contribution in [1.82, 2.24) is 20.6 Å². The van der Waals surface area contributed by atoms with Gasteiger partial charge in [0, 0.05) is 38.3 Å². The number of urea groups is 1. The molecule has 0 aliphatic carbocycles. The first kappa shape index (κ1) is 19.7. The van der Waals surface area contributed by atoms with Gasteiger partial charge in [0.1, 0.15) is 17.3 Å². The number of amides is 2. The van der Waals surface area contributed by atoms with Crippen molar-refractivity contribution in [3.63, 3.8) is 0 Å². The van der Waals surface area contributed by atoms with Gasteiger partial charge in [0.15, 0.2) is 0 Å². The highest BCUT2D eigenvalue weighted by molar-refractivity contribution is 5.74. The molecule has 27 heavy (non-hydrogen) atoms. The molecule has 7 nitrogen and oxygen atoms in total. The van der Waals surface area contributed by atoms with E-state index in [1.807, 2.05) is 0 Å². The largest absolute Gasteiger partial charge is 0.433 e. The third-order valence-corrected chi connectivity index (χ3v) is 4.78. The minimum atomic E-state index is -4.50. The fourth-order valence-electron chi connectivity index (χ4n) is 3.36. The van der Waals surface area contributed by atoms with Gasteiger partial charge >= 0.3 is 12.2 Å². The average molecular weight is 387 g/mol. The summed E-state index contributed by atoms with van der Waals surface area (Å²) in [4.78, 5) is 21.4. The lowest BCUT2D eigenvalue weighted by Gasteiger charge is -2.33. The zero-order chi connectivity index (χ0) is 19.4. The second-order valence-corrected chi connectivity index (χ2v) is 6.91. The molecule has 150 valence electrons. The number of carbonyl (C=O) groups is 1. The number of carbonyl (C=O) groups excluding carboxylic acids is 1. The Morgan fingerprint density at radius 3 is 2.67 bits per heavy atom. The molecule has 0 spiro atoms. The van der Waals surface area contributed by atoms with E-state index in [2.05, 4.69) is 20.6 Å². The SMILES string of the molecule is Cc1nc(N2CCC(NC(=O)NC[C@@H]3CCCO3)CC2)cc(C(F)(F)F)n1. The first-order chi connectivity index (χ1) is 12.8. The number of hydrogen-bond donors (Lipinski definition) is 2. The van der Waals surface area contributed by atoms with Gasteiger partial charge in [0.05, 0.1) is 6.10 Å². The number of rotatable bonds is 4. The van der Waals surface area contributed by atoms with E-state index in [1.54, 1.807) is 4.90 Å². The Labute approximate surface area is 155 Å². The van der Waals surface area contributed by atoms with Gasteiger partial charge in [-0.1, -0.05) is 0 Å². The molecule has 0 bridgehead atoms. The van der Waals surface area contributed by atoms with Gasteiger partial charge in [-0.15, -0.1) is 0 Å². The maximum atomic E-state index is 12.9. The van der Waals surface area contributed by atoms with Crippen LogP contribution in [0.1, 0.15) is 37.2 Å². The van der Waals surface area contributed by atoms with Gasteiger partial charge in [-0.05, 0) is 32.6 Å². The van der Waals surface area contributed by atoms with Crippen LogP contribution in [0.4, 0.5) is 23.8 Å². The van der Waals surface area contributed by atoms with Crippen LogP contribution < -0.4 is 15.5 Å². The maximum absolute atomic E-state index is 12.9. The van der Waals surface area contributed by atoms with Crippen molar-refractivity contribution in [1.29, 1.82) is 0 Å². The summed E-state index contributed by atoms with van der Waals surface area (Å²) in [5, 5.41) is 5.73. The molecule has 1 aromatic rings. The summed E-state index contributed by atoms with van der Waals surface area (Å²) in [6, 6.07) is 0.728. The molecule has 2 saturated heterocycles. The molecule has 1 aromatic heterocycles. The van der Waals surface area contributed by atoms with Crippen molar-refractivity contribution < 1.29 is 22.7 Å². The third kappa shape index (κ3) is 5.44. The molecule has 3 rings (SSSR count). The highest BCUT2D eigenvalue weighted by Crippen LogP contribution is 2.30. The Morgan fingerprint density at radius 1 is 1.30 bits per heavy atom. The smallest absolute Gasteiger partial charge is 0.376 e.